The Morgan fingerprint density at radius 2 is 2.12 bits per heavy atom. The predicted octanol–water partition coefficient (Wildman–Crippen LogP) is 1.85. The number of nitrogens with two attached hydrogens (primary N) is 1. The molecule has 92 valence electrons. The third-order valence-corrected chi connectivity index (χ3v) is 4.15. The van der Waals surface area contributed by atoms with E-state index in [0.717, 1.165) is 6.42 Å². The molecule has 1 aliphatic carbocycles. The van der Waals surface area contributed by atoms with Gasteiger partial charge < -0.3 is 11.1 Å². The maximum absolute atomic E-state index is 11.9. The molecule has 1 aliphatic rings. The summed E-state index contributed by atoms with van der Waals surface area (Å²) >= 11 is 4.90. The molecule has 0 aromatic carbocycles. The zero-order valence-electron chi connectivity index (χ0n) is 10.3. The maximum Gasteiger partial charge on any atom is 0.230 e. The molecule has 4 atom stereocenters. The molecule has 1 fully saturated rings. The van der Waals surface area contributed by atoms with Crippen LogP contribution >= 0.6 is 12.2 Å². The summed E-state index contributed by atoms with van der Waals surface area (Å²) < 4.78 is 0. The Labute approximate surface area is 103 Å². The zero-order chi connectivity index (χ0) is 12.3. The van der Waals surface area contributed by atoms with E-state index in [-0.39, 0.29) is 11.8 Å². The van der Waals surface area contributed by atoms with E-state index >= 15 is 0 Å². The fourth-order valence-corrected chi connectivity index (χ4v) is 2.64. The summed E-state index contributed by atoms with van der Waals surface area (Å²) in [5.74, 6) is 0.932. The predicted molar refractivity (Wildman–Crippen MR) is 70.1 cm³/mol. The van der Waals surface area contributed by atoms with Gasteiger partial charge in [-0.05, 0) is 31.1 Å². The molecule has 1 amide bonds. The Hall–Kier alpha value is -0.640. The highest BCUT2D eigenvalue weighted by Gasteiger charge is 2.32. The van der Waals surface area contributed by atoms with Crippen molar-refractivity contribution in [1.29, 1.82) is 0 Å². The molecule has 0 spiro atoms. The van der Waals surface area contributed by atoms with Crippen molar-refractivity contribution in [2.45, 2.75) is 46.1 Å². The third kappa shape index (κ3) is 2.94. The molecule has 0 bridgehead atoms. The molecule has 0 heterocycles. The van der Waals surface area contributed by atoms with E-state index in [2.05, 4.69) is 19.2 Å². The van der Waals surface area contributed by atoms with Gasteiger partial charge in [-0.1, -0.05) is 33.0 Å². The first-order valence-corrected chi connectivity index (χ1v) is 6.47. The van der Waals surface area contributed by atoms with Gasteiger partial charge in [0, 0.05) is 6.04 Å². The van der Waals surface area contributed by atoms with E-state index < -0.39 is 0 Å². The Morgan fingerprint density at radius 3 is 2.50 bits per heavy atom. The van der Waals surface area contributed by atoms with Gasteiger partial charge in [0.1, 0.15) is 0 Å². The van der Waals surface area contributed by atoms with Crippen LogP contribution in [0, 0.1) is 17.8 Å². The van der Waals surface area contributed by atoms with Gasteiger partial charge >= 0.3 is 0 Å². The number of hydrogen-bond acceptors (Lipinski definition) is 2. The summed E-state index contributed by atoms with van der Waals surface area (Å²) in [6.07, 6.45) is 2.94. The Morgan fingerprint density at radius 1 is 1.50 bits per heavy atom. The van der Waals surface area contributed by atoms with Gasteiger partial charge in [-0.2, -0.15) is 0 Å². The molecule has 4 unspecified atom stereocenters. The Bertz CT molecular complexity index is 280. The molecular weight excluding hydrogens is 220 g/mol. The van der Waals surface area contributed by atoms with Crippen molar-refractivity contribution in [2.24, 2.45) is 23.5 Å². The van der Waals surface area contributed by atoms with Crippen LogP contribution in [0.25, 0.3) is 0 Å². The fraction of sp³-hybridized carbons (Fsp3) is 0.833. The van der Waals surface area contributed by atoms with Crippen molar-refractivity contribution in [2.75, 3.05) is 0 Å². The average molecular weight is 242 g/mol. The SMILES string of the molecule is CCC(C(=O)NC1CCC(C)C1C)C(N)=S. The van der Waals surface area contributed by atoms with Crippen LogP contribution in [0.4, 0.5) is 0 Å². The normalized spacial score (nSPS) is 31.1. The van der Waals surface area contributed by atoms with Gasteiger partial charge in [0.25, 0.3) is 0 Å². The molecule has 0 aromatic rings. The second-order valence-electron chi connectivity index (χ2n) is 4.89. The van der Waals surface area contributed by atoms with Crippen molar-refractivity contribution < 1.29 is 4.79 Å². The molecule has 16 heavy (non-hydrogen) atoms. The largest absolute Gasteiger partial charge is 0.393 e. The molecule has 3 N–H and O–H groups in total. The highest BCUT2D eigenvalue weighted by molar-refractivity contribution is 7.80. The lowest BCUT2D eigenvalue weighted by Gasteiger charge is -2.22. The van der Waals surface area contributed by atoms with Crippen molar-refractivity contribution in [3.63, 3.8) is 0 Å². The molecule has 4 heteroatoms. The van der Waals surface area contributed by atoms with Crippen molar-refractivity contribution in [3.8, 4) is 0 Å². The first-order chi connectivity index (χ1) is 7.47. The summed E-state index contributed by atoms with van der Waals surface area (Å²) in [6.45, 7) is 6.37. The van der Waals surface area contributed by atoms with Gasteiger partial charge in [-0.3, -0.25) is 4.79 Å². The number of hydrogen-bond donors (Lipinski definition) is 2. The number of rotatable bonds is 4. The van der Waals surface area contributed by atoms with Crippen molar-refractivity contribution in [1.82, 2.24) is 5.32 Å². The van der Waals surface area contributed by atoms with E-state index in [1.807, 2.05) is 6.92 Å². The number of carbonyl (C=O) groups excluding carboxylic acids is 1. The molecular formula is C12H22N2OS. The molecule has 0 radical (unpaired) electrons. The number of amides is 1. The molecule has 0 aromatic heterocycles. The van der Waals surface area contributed by atoms with Gasteiger partial charge in [0.15, 0.2) is 0 Å². The van der Waals surface area contributed by atoms with Crippen LogP contribution in [-0.4, -0.2) is 16.9 Å². The smallest absolute Gasteiger partial charge is 0.230 e. The number of carbonyl (C=O) groups is 1. The fourth-order valence-electron chi connectivity index (χ4n) is 2.37. The quantitative estimate of drug-likeness (QED) is 0.740. The average Bonchev–Trinajstić information content (AvgIpc) is 2.50. The summed E-state index contributed by atoms with van der Waals surface area (Å²) in [4.78, 5) is 12.2. The topological polar surface area (TPSA) is 55.1 Å². The van der Waals surface area contributed by atoms with Crippen LogP contribution in [0.3, 0.4) is 0 Å². The molecule has 3 nitrogen and oxygen atoms in total. The van der Waals surface area contributed by atoms with Gasteiger partial charge in [-0.25, -0.2) is 0 Å². The summed E-state index contributed by atoms with van der Waals surface area (Å²) in [5, 5.41) is 3.08. The minimum absolute atomic E-state index is 0.000880. The second-order valence-corrected chi connectivity index (χ2v) is 5.36. The lowest BCUT2D eigenvalue weighted by atomic mass is 9.97. The van der Waals surface area contributed by atoms with Crippen LogP contribution in [0.5, 0.6) is 0 Å². The van der Waals surface area contributed by atoms with Crippen molar-refractivity contribution in [3.05, 3.63) is 0 Å². The first kappa shape index (κ1) is 13.4. The first-order valence-electron chi connectivity index (χ1n) is 6.07. The van der Waals surface area contributed by atoms with Crippen LogP contribution in [-0.2, 0) is 4.79 Å². The number of thiocarbonyl (C=S) groups is 1. The van der Waals surface area contributed by atoms with E-state index in [0.29, 0.717) is 29.3 Å². The Balaban J connectivity index is 2.54. The lowest BCUT2D eigenvalue weighted by Crippen LogP contribution is -2.44. The van der Waals surface area contributed by atoms with Crippen LogP contribution < -0.4 is 11.1 Å². The zero-order valence-corrected chi connectivity index (χ0v) is 11.1. The minimum Gasteiger partial charge on any atom is -0.393 e. The highest BCUT2D eigenvalue weighted by atomic mass is 32.1. The summed E-state index contributed by atoms with van der Waals surface area (Å²) in [5.41, 5.74) is 5.55. The molecule has 1 saturated carbocycles. The lowest BCUT2D eigenvalue weighted by molar-refractivity contribution is -0.124. The third-order valence-electron chi connectivity index (χ3n) is 3.86. The summed E-state index contributed by atoms with van der Waals surface area (Å²) in [6, 6.07) is 0.297. The highest BCUT2D eigenvalue weighted by Crippen LogP contribution is 2.31. The maximum atomic E-state index is 11.9. The molecule has 1 rings (SSSR count). The van der Waals surface area contributed by atoms with Crippen LogP contribution in [0.2, 0.25) is 0 Å². The van der Waals surface area contributed by atoms with E-state index in [9.17, 15) is 4.79 Å². The monoisotopic (exact) mass is 242 g/mol. The Kier molecular flexibility index (Phi) is 4.71. The van der Waals surface area contributed by atoms with Crippen molar-refractivity contribution >= 4 is 23.1 Å². The molecule has 0 saturated heterocycles. The number of nitrogens with one attached hydrogen (secondary N) is 1. The standard InChI is InChI=1S/C12H22N2OS/c1-4-9(11(13)16)12(15)14-10-6-5-7(2)8(10)3/h7-10H,4-6H2,1-3H3,(H2,13,16)(H,14,15). The van der Waals surface area contributed by atoms with E-state index in [1.54, 1.807) is 0 Å². The van der Waals surface area contributed by atoms with E-state index in [1.165, 1.54) is 6.42 Å². The van der Waals surface area contributed by atoms with E-state index in [4.69, 9.17) is 18.0 Å². The minimum atomic E-state index is -0.307. The van der Waals surface area contributed by atoms with Crippen LogP contribution in [0.1, 0.15) is 40.0 Å². The van der Waals surface area contributed by atoms with Gasteiger partial charge in [0.2, 0.25) is 5.91 Å². The van der Waals surface area contributed by atoms with Crippen LogP contribution in [0.15, 0.2) is 0 Å². The second kappa shape index (κ2) is 5.62. The molecule has 0 aliphatic heterocycles. The van der Waals surface area contributed by atoms with Gasteiger partial charge in [0.05, 0.1) is 10.9 Å². The summed E-state index contributed by atoms with van der Waals surface area (Å²) in [7, 11) is 0. The van der Waals surface area contributed by atoms with Gasteiger partial charge in [-0.15, -0.1) is 0 Å².